The van der Waals surface area contributed by atoms with E-state index in [0.29, 0.717) is 6.42 Å². The van der Waals surface area contributed by atoms with Crippen LogP contribution in [0, 0.1) is 6.92 Å². The molecule has 2 N–H and O–H groups in total. The third kappa shape index (κ3) is 4.10. The lowest BCUT2D eigenvalue weighted by Gasteiger charge is -2.07. The Morgan fingerprint density at radius 2 is 1.55 bits per heavy atom. The molecule has 0 radical (unpaired) electrons. The van der Waals surface area contributed by atoms with Crippen LogP contribution < -0.4 is 10.6 Å². The van der Waals surface area contributed by atoms with Crippen molar-refractivity contribution in [2.45, 2.75) is 19.8 Å². The summed E-state index contributed by atoms with van der Waals surface area (Å²) in [4.78, 5) is 15.1. The van der Waals surface area contributed by atoms with Crippen molar-refractivity contribution in [2.75, 3.05) is 0 Å². The maximum atomic E-state index is 10.9. The normalized spacial score (nSPS) is 10.1. The summed E-state index contributed by atoms with van der Waals surface area (Å²) in [6.07, 6.45) is 0.871. The molecule has 4 heteroatoms. The molecule has 0 atom stereocenters. The van der Waals surface area contributed by atoms with E-state index in [2.05, 4.69) is 4.84 Å². The van der Waals surface area contributed by atoms with E-state index < -0.39 is 5.97 Å². The number of aryl methyl sites for hydroxylation is 2. The van der Waals surface area contributed by atoms with Crippen LogP contribution in [0.2, 0.25) is 0 Å². The van der Waals surface area contributed by atoms with E-state index >= 15 is 0 Å². The Morgan fingerprint density at radius 1 is 1.00 bits per heavy atom. The van der Waals surface area contributed by atoms with E-state index in [0.717, 1.165) is 17.1 Å². The van der Waals surface area contributed by atoms with Crippen LogP contribution in [0.3, 0.4) is 0 Å². The average Bonchev–Trinajstić information content (AvgIpc) is 2.48. The molecule has 0 fully saturated rings. The largest absolute Gasteiger partial charge is 0.457 e. The summed E-state index contributed by atoms with van der Waals surface area (Å²) in [6, 6.07) is 15.5. The highest BCUT2D eigenvalue weighted by atomic mass is 16.7. The van der Waals surface area contributed by atoms with Crippen LogP contribution >= 0.6 is 0 Å². The van der Waals surface area contributed by atoms with Crippen LogP contribution in [-0.4, -0.2) is 5.97 Å². The van der Waals surface area contributed by atoms with Gasteiger partial charge >= 0.3 is 5.97 Å². The molecule has 20 heavy (non-hydrogen) atoms. The number of hydrogen-bond donors (Lipinski definition) is 1. The fourth-order valence-corrected chi connectivity index (χ4v) is 1.77. The molecule has 0 aliphatic rings. The zero-order valence-corrected chi connectivity index (χ0v) is 11.3. The Hall–Kier alpha value is -2.33. The molecule has 0 spiro atoms. The van der Waals surface area contributed by atoms with Gasteiger partial charge in [-0.25, -0.2) is 0 Å². The van der Waals surface area contributed by atoms with Crippen LogP contribution in [0.5, 0.6) is 11.5 Å². The minimum absolute atomic E-state index is 0.272. The lowest BCUT2D eigenvalue weighted by Crippen LogP contribution is -2.10. The first kappa shape index (κ1) is 14.1. The maximum absolute atomic E-state index is 10.9. The van der Waals surface area contributed by atoms with Crippen LogP contribution in [0.25, 0.3) is 0 Å². The standard InChI is InChI=1S/C16H17NO3/c1-12-2-7-14(8-3-12)19-15-9-4-13(5-10-15)6-11-16(18)20-17/h2-5,7-10H,6,11,17H2,1H3. The third-order valence-corrected chi connectivity index (χ3v) is 2.93. The summed E-state index contributed by atoms with van der Waals surface area (Å²) in [5, 5.41) is 0. The molecular weight excluding hydrogens is 254 g/mol. The van der Waals surface area contributed by atoms with Crippen molar-refractivity contribution in [3.63, 3.8) is 0 Å². The van der Waals surface area contributed by atoms with E-state index in [1.54, 1.807) is 0 Å². The molecule has 0 heterocycles. The predicted octanol–water partition coefficient (Wildman–Crippen LogP) is 3.14. The smallest absolute Gasteiger partial charge is 0.324 e. The van der Waals surface area contributed by atoms with Gasteiger partial charge in [-0.05, 0) is 43.2 Å². The summed E-state index contributed by atoms with van der Waals surface area (Å²) in [6.45, 7) is 2.03. The van der Waals surface area contributed by atoms with Gasteiger partial charge in [-0.15, -0.1) is 0 Å². The van der Waals surface area contributed by atoms with Crippen molar-refractivity contribution in [1.82, 2.24) is 0 Å². The first-order valence-corrected chi connectivity index (χ1v) is 6.40. The second-order valence-corrected chi connectivity index (χ2v) is 4.55. The van der Waals surface area contributed by atoms with E-state index in [-0.39, 0.29) is 6.42 Å². The molecular formula is C16H17NO3. The molecule has 2 aromatic rings. The molecule has 2 aromatic carbocycles. The summed E-state index contributed by atoms with van der Waals surface area (Å²) in [5.41, 5.74) is 2.23. The van der Waals surface area contributed by atoms with E-state index in [9.17, 15) is 4.79 Å². The second-order valence-electron chi connectivity index (χ2n) is 4.55. The Balaban J connectivity index is 1.94. The first-order chi connectivity index (χ1) is 9.67. The van der Waals surface area contributed by atoms with Gasteiger partial charge in [0, 0.05) is 0 Å². The highest BCUT2D eigenvalue weighted by Crippen LogP contribution is 2.22. The van der Waals surface area contributed by atoms with Gasteiger partial charge in [-0.1, -0.05) is 29.8 Å². The Morgan fingerprint density at radius 3 is 2.10 bits per heavy atom. The molecule has 0 saturated carbocycles. The average molecular weight is 271 g/mol. The Labute approximate surface area is 118 Å². The molecule has 0 unspecified atom stereocenters. The van der Waals surface area contributed by atoms with Gasteiger partial charge in [0.15, 0.2) is 0 Å². The molecule has 4 nitrogen and oxygen atoms in total. The molecule has 0 amide bonds. The van der Waals surface area contributed by atoms with E-state index in [4.69, 9.17) is 10.6 Å². The minimum Gasteiger partial charge on any atom is -0.457 e. The van der Waals surface area contributed by atoms with Crippen LogP contribution in [0.1, 0.15) is 17.5 Å². The van der Waals surface area contributed by atoms with Gasteiger partial charge in [-0.3, -0.25) is 4.79 Å². The van der Waals surface area contributed by atoms with Gasteiger partial charge in [0.25, 0.3) is 0 Å². The van der Waals surface area contributed by atoms with Crippen molar-refractivity contribution < 1.29 is 14.4 Å². The van der Waals surface area contributed by atoms with Gasteiger partial charge in [0.1, 0.15) is 11.5 Å². The topological polar surface area (TPSA) is 61.5 Å². The molecule has 0 aliphatic carbocycles. The SMILES string of the molecule is Cc1ccc(Oc2ccc(CCC(=O)ON)cc2)cc1. The summed E-state index contributed by atoms with van der Waals surface area (Å²) in [5.74, 6) is 5.94. The zero-order valence-electron chi connectivity index (χ0n) is 11.3. The van der Waals surface area contributed by atoms with Crippen LogP contribution in [-0.2, 0) is 16.1 Å². The van der Waals surface area contributed by atoms with Gasteiger partial charge in [0.05, 0.1) is 6.42 Å². The number of nitrogens with two attached hydrogens (primary N) is 1. The number of hydrogen-bond acceptors (Lipinski definition) is 4. The lowest BCUT2D eigenvalue weighted by molar-refractivity contribution is -0.144. The molecule has 0 saturated heterocycles. The van der Waals surface area contributed by atoms with Gasteiger partial charge in [0.2, 0.25) is 0 Å². The second kappa shape index (κ2) is 6.73. The van der Waals surface area contributed by atoms with Crippen LogP contribution in [0.4, 0.5) is 0 Å². The maximum Gasteiger partial charge on any atom is 0.324 e. The number of carbonyl (C=O) groups is 1. The number of benzene rings is 2. The minimum atomic E-state index is -0.412. The lowest BCUT2D eigenvalue weighted by atomic mass is 10.1. The van der Waals surface area contributed by atoms with E-state index in [1.807, 2.05) is 55.5 Å². The summed E-state index contributed by atoms with van der Waals surface area (Å²) >= 11 is 0. The highest BCUT2D eigenvalue weighted by molar-refractivity contribution is 5.69. The summed E-state index contributed by atoms with van der Waals surface area (Å²) in [7, 11) is 0. The predicted molar refractivity (Wildman–Crippen MR) is 76.3 cm³/mol. The van der Waals surface area contributed by atoms with Crippen molar-refractivity contribution >= 4 is 5.97 Å². The quantitative estimate of drug-likeness (QED) is 0.849. The Bertz CT molecular complexity index is 561. The Kier molecular flexibility index (Phi) is 4.74. The first-order valence-electron chi connectivity index (χ1n) is 6.40. The summed E-state index contributed by atoms with van der Waals surface area (Å²) < 4.78 is 5.72. The molecule has 2 rings (SSSR count). The van der Waals surface area contributed by atoms with Crippen molar-refractivity contribution in [1.29, 1.82) is 0 Å². The fraction of sp³-hybridized carbons (Fsp3) is 0.188. The van der Waals surface area contributed by atoms with Crippen molar-refractivity contribution in [3.05, 3.63) is 59.7 Å². The number of carbonyl (C=O) groups excluding carboxylic acids is 1. The van der Waals surface area contributed by atoms with Crippen molar-refractivity contribution in [2.24, 2.45) is 5.90 Å². The molecule has 104 valence electrons. The van der Waals surface area contributed by atoms with E-state index in [1.165, 1.54) is 5.56 Å². The molecule has 0 bridgehead atoms. The molecule has 0 aromatic heterocycles. The van der Waals surface area contributed by atoms with Gasteiger partial charge < -0.3 is 9.57 Å². The van der Waals surface area contributed by atoms with Crippen molar-refractivity contribution in [3.8, 4) is 11.5 Å². The fourth-order valence-electron chi connectivity index (χ4n) is 1.77. The third-order valence-electron chi connectivity index (χ3n) is 2.93. The highest BCUT2D eigenvalue weighted by Gasteiger charge is 2.03. The molecule has 0 aliphatic heterocycles. The monoisotopic (exact) mass is 271 g/mol. The zero-order chi connectivity index (χ0) is 14.4. The van der Waals surface area contributed by atoms with Crippen LogP contribution in [0.15, 0.2) is 48.5 Å². The number of rotatable bonds is 5. The van der Waals surface area contributed by atoms with Gasteiger partial charge in [-0.2, -0.15) is 5.90 Å². The number of ether oxygens (including phenoxy) is 1.